The molecule has 2 N–H and O–H groups in total. The summed E-state index contributed by atoms with van der Waals surface area (Å²) >= 11 is 4.38. The molecule has 7 heteroatoms. The first-order valence-corrected chi connectivity index (χ1v) is 7.65. The van der Waals surface area contributed by atoms with Crippen molar-refractivity contribution in [1.29, 1.82) is 0 Å². The summed E-state index contributed by atoms with van der Waals surface area (Å²) in [7, 11) is 0. The third kappa shape index (κ3) is 4.12. The quantitative estimate of drug-likeness (QED) is 0.843. The largest absolute Gasteiger partial charge is 0.481 e. The molecular weight excluding hydrogens is 361 g/mol. The lowest BCUT2D eigenvalue weighted by Crippen LogP contribution is -2.29. The maximum atomic E-state index is 13.2. The van der Waals surface area contributed by atoms with Crippen LogP contribution in [-0.4, -0.2) is 17.0 Å². The van der Waals surface area contributed by atoms with E-state index in [1.54, 1.807) is 12.1 Å². The number of aliphatic carboxylic acids is 1. The number of hydrogen-bond acceptors (Lipinski definition) is 3. The van der Waals surface area contributed by atoms with E-state index in [0.717, 1.165) is 4.88 Å². The van der Waals surface area contributed by atoms with Crippen LogP contribution in [0.1, 0.15) is 27.7 Å². The second-order valence-corrected chi connectivity index (χ2v) is 6.10. The second kappa shape index (κ2) is 6.82. The molecule has 0 saturated heterocycles. The fraction of sp³-hybridized carbons (Fsp3) is 0.143. The monoisotopic (exact) mass is 371 g/mol. The van der Waals surface area contributed by atoms with Crippen LogP contribution in [0.25, 0.3) is 0 Å². The number of halogens is 2. The van der Waals surface area contributed by atoms with Crippen molar-refractivity contribution in [3.05, 3.63) is 56.4 Å². The molecule has 0 spiro atoms. The van der Waals surface area contributed by atoms with Crippen molar-refractivity contribution in [1.82, 2.24) is 5.32 Å². The van der Waals surface area contributed by atoms with Crippen LogP contribution in [-0.2, 0) is 4.79 Å². The molecule has 0 bridgehead atoms. The number of thiophene rings is 1. The molecule has 2 aromatic rings. The predicted molar refractivity (Wildman–Crippen MR) is 80.9 cm³/mol. The van der Waals surface area contributed by atoms with Crippen LogP contribution >= 0.6 is 27.3 Å². The number of amides is 1. The summed E-state index contributed by atoms with van der Waals surface area (Å²) in [6.07, 6.45) is -0.214. The molecule has 1 amide bonds. The van der Waals surface area contributed by atoms with E-state index in [9.17, 15) is 14.0 Å². The van der Waals surface area contributed by atoms with Gasteiger partial charge in [-0.1, -0.05) is 6.07 Å². The maximum absolute atomic E-state index is 13.2. The van der Waals surface area contributed by atoms with Crippen LogP contribution in [0, 0.1) is 5.82 Å². The minimum atomic E-state index is -1.01. The zero-order chi connectivity index (χ0) is 15.4. The molecule has 0 fully saturated rings. The lowest BCUT2D eigenvalue weighted by atomic mass is 10.1. The minimum Gasteiger partial charge on any atom is -0.481 e. The van der Waals surface area contributed by atoms with Crippen LogP contribution in [0.5, 0.6) is 0 Å². The summed E-state index contributed by atoms with van der Waals surface area (Å²) in [5.41, 5.74) is 0.259. The van der Waals surface area contributed by atoms with E-state index < -0.39 is 23.7 Å². The van der Waals surface area contributed by atoms with Crippen LogP contribution in [0.3, 0.4) is 0 Å². The Labute approximate surface area is 132 Å². The fourth-order valence-electron chi connectivity index (χ4n) is 1.77. The molecule has 21 heavy (non-hydrogen) atoms. The highest BCUT2D eigenvalue weighted by Crippen LogP contribution is 2.23. The highest BCUT2D eigenvalue weighted by atomic mass is 79.9. The Hall–Kier alpha value is -1.73. The van der Waals surface area contributed by atoms with Gasteiger partial charge in [-0.05, 0) is 45.6 Å². The standard InChI is InChI=1S/C14H11BrFNO3S/c15-9-6-8(3-4-10(9)16)14(20)17-11(7-13(18)19)12-2-1-5-21-12/h1-6,11H,7H2,(H,17,20)(H,18,19). The van der Waals surface area contributed by atoms with Gasteiger partial charge in [0.05, 0.1) is 16.9 Å². The van der Waals surface area contributed by atoms with Gasteiger partial charge in [0, 0.05) is 10.4 Å². The molecule has 110 valence electrons. The van der Waals surface area contributed by atoms with Gasteiger partial charge in [0.15, 0.2) is 0 Å². The maximum Gasteiger partial charge on any atom is 0.305 e. The number of hydrogen-bond donors (Lipinski definition) is 2. The number of carbonyl (C=O) groups excluding carboxylic acids is 1. The zero-order valence-corrected chi connectivity index (χ0v) is 13.1. The lowest BCUT2D eigenvalue weighted by molar-refractivity contribution is -0.137. The summed E-state index contributed by atoms with van der Waals surface area (Å²) in [6.45, 7) is 0. The molecule has 0 aliphatic heterocycles. The van der Waals surface area contributed by atoms with Crippen LogP contribution in [0.2, 0.25) is 0 Å². The Morgan fingerprint density at radius 3 is 2.71 bits per heavy atom. The lowest BCUT2D eigenvalue weighted by Gasteiger charge is -2.15. The third-order valence-corrected chi connectivity index (χ3v) is 4.35. The first kappa shape index (κ1) is 15.7. The van der Waals surface area contributed by atoms with E-state index >= 15 is 0 Å². The van der Waals surface area contributed by atoms with E-state index in [0.29, 0.717) is 0 Å². The summed E-state index contributed by atoms with van der Waals surface area (Å²) in [6, 6.07) is 6.82. The number of nitrogens with one attached hydrogen (secondary N) is 1. The van der Waals surface area contributed by atoms with Crippen molar-refractivity contribution in [2.75, 3.05) is 0 Å². The zero-order valence-electron chi connectivity index (χ0n) is 10.7. The SMILES string of the molecule is O=C(O)CC(NC(=O)c1ccc(F)c(Br)c1)c1cccs1. The third-order valence-electron chi connectivity index (χ3n) is 2.75. The normalized spacial score (nSPS) is 11.9. The number of carbonyl (C=O) groups is 2. The van der Waals surface area contributed by atoms with Gasteiger partial charge in [-0.2, -0.15) is 0 Å². The van der Waals surface area contributed by atoms with Crippen LogP contribution < -0.4 is 5.32 Å². The first-order chi connectivity index (χ1) is 9.97. The summed E-state index contributed by atoms with van der Waals surface area (Å²) in [5.74, 6) is -1.92. The topological polar surface area (TPSA) is 66.4 Å². The van der Waals surface area contributed by atoms with Crippen molar-refractivity contribution >= 4 is 39.1 Å². The Morgan fingerprint density at radius 2 is 2.14 bits per heavy atom. The van der Waals surface area contributed by atoms with Gasteiger partial charge < -0.3 is 10.4 Å². The second-order valence-electron chi connectivity index (χ2n) is 4.27. The van der Waals surface area contributed by atoms with E-state index in [-0.39, 0.29) is 16.5 Å². The molecule has 1 unspecified atom stereocenters. The van der Waals surface area contributed by atoms with Crippen molar-refractivity contribution in [2.45, 2.75) is 12.5 Å². The molecule has 2 rings (SSSR count). The Morgan fingerprint density at radius 1 is 1.38 bits per heavy atom. The van der Waals surface area contributed by atoms with Gasteiger partial charge >= 0.3 is 5.97 Å². The molecule has 0 aliphatic carbocycles. The summed E-state index contributed by atoms with van der Waals surface area (Å²) in [5, 5.41) is 13.4. The number of rotatable bonds is 5. The molecule has 1 heterocycles. The predicted octanol–water partition coefficient (Wildman–Crippen LogP) is 3.60. The van der Waals surface area contributed by atoms with Gasteiger partial charge in [0.1, 0.15) is 5.82 Å². The Balaban J connectivity index is 2.17. The molecule has 0 radical (unpaired) electrons. The molecule has 4 nitrogen and oxygen atoms in total. The molecule has 1 atom stereocenters. The van der Waals surface area contributed by atoms with Gasteiger partial charge in [0.25, 0.3) is 5.91 Å². The van der Waals surface area contributed by atoms with Gasteiger partial charge in [-0.3, -0.25) is 9.59 Å². The van der Waals surface area contributed by atoms with E-state index in [1.807, 2.05) is 5.38 Å². The Kier molecular flexibility index (Phi) is 5.08. The number of carboxylic acid groups (broad SMARTS) is 1. The highest BCUT2D eigenvalue weighted by molar-refractivity contribution is 9.10. The number of benzene rings is 1. The van der Waals surface area contributed by atoms with Gasteiger partial charge in [0.2, 0.25) is 0 Å². The molecule has 0 aliphatic rings. The Bertz CT molecular complexity index is 660. The summed E-state index contributed by atoms with van der Waals surface area (Å²) in [4.78, 5) is 23.8. The molecule has 1 aromatic heterocycles. The average molecular weight is 372 g/mol. The molecular formula is C14H11BrFNO3S. The van der Waals surface area contributed by atoms with Crippen molar-refractivity contribution < 1.29 is 19.1 Å². The molecule has 1 aromatic carbocycles. The fourth-order valence-corrected chi connectivity index (χ4v) is 2.92. The van der Waals surface area contributed by atoms with Gasteiger partial charge in [-0.15, -0.1) is 11.3 Å². The van der Waals surface area contributed by atoms with Crippen LogP contribution in [0.4, 0.5) is 4.39 Å². The van der Waals surface area contributed by atoms with E-state index in [2.05, 4.69) is 21.2 Å². The highest BCUT2D eigenvalue weighted by Gasteiger charge is 2.20. The van der Waals surface area contributed by atoms with Crippen molar-refractivity contribution in [3.63, 3.8) is 0 Å². The first-order valence-electron chi connectivity index (χ1n) is 5.98. The van der Waals surface area contributed by atoms with E-state index in [4.69, 9.17) is 5.11 Å². The average Bonchev–Trinajstić information content (AvgIpc) is 2.94. The number of carboxylic acids is 1. The smallest absolute Gasteiger partial charge is 0.305 e. The van der Waals surface area contributed by atoms with Gasteiger partial charge in [-0.25, -0.2) is 4.39 Å². The molecule has 0 saturated carbocycles. The van der Waals surface area contributed by atoms with Crippen molar-refractivity contribution in [3.8, 4) is 0 Å². The van der Waals surface area contributed by atoms with Crippen LogP contribution in [0.15, 0.2) is 40.2 Å². The van der Waals surface area contributed by atoms with Crippen molar-refractivity contribution in [2.24, 2.45) is 0 Å². The minimum absolute atomic E-state index is 0.182. The summed E-state index contributed by atoms with van der Waals surface area (Å²) < 4.78 is 13.3. The van der Waals surface area contributed by atoms with E-state index in [1.165, 1.54) is 29.5 Å².